The highest BCUT2D eigenvalue weighted by Crippen LogP contribution is 2.12. The second-order valence-electron chi connectivity index (χ2n) is 4.57. The van der Waals surface area contributed by atoms with Crippen molar-refractivity contribution in [3.05, 3.63) is 65.2 Å². The topological polar surface area (TPSA) is 86.6 Å². The van der Waals surface area contributed by atoms with Gasteiger partial charge in [0.15, 0.2) is 0 Å². The number of carbonyl (C=O) groups is 2. The minimum Gasteiger partial charge on any atom is -0.508 e. The van der Waals surface area contributed by atoms with E-state index >= 15 is 0 Å². The van der Waals surface area contributed by atoms with Gasteiger partial charge in [0.05, 0.1) is 6.42 Å². The van der Waals surface area contributed by atoms with Gasteiger partial charge in [-0.25, -0.2) is 0 Å². The molecule has 0 radical (unpaired) electrons. The molecule has 21 heavy (non-hydrogen) atoms. The molecule has 5 heteroatoms. The Balaban J connectivity index is 2.04. The van der Waals surface area contributed by atoms with Gasteiger partial charge < -0.3 is 15.5 Å². The molecule has 0 saturated carbocycles. The van der Waals surface area contributed by atoms with E-state index in [4.69, 9.17) is 5.11 Å². The molecule has 0 unspecified atom stereocenters. The molecule has 0 atom stereocenters. The number of carbonyl (C=O) groups excluding carboxylic acids is 1. The van der Waals surface area contributed by atoms with Gasteiger partial charge in [0.2, 0.25) is 0 Å². The van der Waals surface area contributed by atoms with Gasteiger partial charge in [-0.3, -0.25) is 9.59 Å². The van der Waals surface area contributed by atoms with Crippen LogP contribution in [0.4, 0.5) is 0 Å². The van der Waals surface area contributed by atoms with Crippen LogP contribution < -0.4 is 5.32 Å². The van der Waals surface area contributed by atoms with E-state index in [2.05, 4.69) is 5.32 Å². The molecule has 0 aliphatic carbocycles. The summed E-state index contributed by atoms with van der Waals surface area (Å²) in [5, 5.41) is 20.8. The molecule has 3 N–H and O–H groups in total. The first kappa shape index (κ1) is 14.6. The summed E-state index contributed by atoms with van der Waals surface area (Å²) in [5.41, 5.74) is 1.88. The molecule has 0 aliphatic heterocycles. The molecular weight excluding hydrogens is 270 g/mol. The maximum absolute atomic E-state index is 12.0. The Kier molecular flexibility index (Phi) is 4.56. The Morgan fingerprint density at radius 2 is 1.57 bits per heavy atom. The van der Waals surface area contributed by atoms with E-state index in [-0.39, 0.29) is 24.6 Å². The molecule has 0 aromatic heterocycles. The fraction of sp³-hybridized carbons (Fsp3) is 0.125. The van der Waals surface area contributed by atoms with Crippen LogP contribution in [0.25, 0.3) is 0 Å². The van der Waals surface area contributed by atoms with Crippen LogP contribution in [-0.4, -0.2) is 22.1 Å². The predicted molar refractivity (Wildman–Crippen MR) is 77.1 cm³/mol. The van der Waals surface area contributed by atoms with Gasteiger partial charge in [-0.05, 0) is 35.4 Å². The lowest BCUT2D eigenvalue weighted by Crippen LogP contribution is -2.23. The van der Waals surface area contributed by atoms with Crippen LogP contribution in [0.5, 0.6) is 5.75 Å². The maximum atomic E-state index is 12.0. The number of carboxylic acid groups (broad SMARTS) is 1. The smallest absolute Gasteiger partial charge is 0.307 e. The summed E-state index contributed by atoms with van der Waals surface area (Å²) in [6.45, 7) is 0.253. The molecule has 0 bridgehead atoms. The molecule has 0 aliphatic rings. The molecule has 0 fully saturated rings. The van der Waals surface area contributed by atoms with E-state index in [0.29, 0.717) is 11.1 Å². The predicted octanol–water partition coefficient (Wildman–Crippen LogP) is 1.95. The maximum Gasteiger partial charge on any atom is 0.307 e. The highest BCUT2D eigenvalue weighted by Gasteiger charge is 2.09. The van der Waals surface area contributed by atoms with E-state index in [1.807, 2.05) is 0 Å². The molecular formula is C16H15NO4. The lowest BCUT2D eigenvalue weighted by molar-refractivity contribution is -0.136. The van der Waals surface area contributed by atoms with Crippen molar-refractivity contribution < 1.29 is 19.8 Å². The first-order valence-corrected chi connectivity index (χ1v) is 6.42. The number of benzene rings is 2. The molecule has 2 rings (SSSR count). The molecule has 2 aromatic carbocycles. The van der Waals surface area contributed by atoms with Crippen LogP contribution in [-0.2, 0) is 17.8 Å². The number of aromatic hydroxyl groups is 1. The largest absolute Gasteiger partial charge is 0.508 e. The summed E-state index contributed by atoms with van der Waals surface area (Å²) in [5.74, 6) is -1.09. The van der Waals surface area contributed by atoms with Crippen LogP contribution in [0.15, 0.2) is 48.5 Å². The number of phenolic OH excluding ortho intramolecular Hbond substituents is 1. The number of aliphatic carboxylic acids is 1. The highest BCUT2D eigenvalue weighted by atomic mass is 16.4. The average molecular weight is 285 g/mol. The summed E-state index contributed by atoms with van der Waals surface area (Å²) in [7, 11) is 0. The lowest BCUT2D eigenvalue weighted by Gasteiger charge is -2.09. The van der Waals surface area contributed by atoms with Crippen LogP contribution >= 0.6 is 0 Å². The van der Waals surface area contributed by atoms with Gasteiger partial charge >= 0.3 is 5.97 Å². The van der Waals surface area contributed by atoms with Crippen molar-refractivity contribution in [1.29, 1.82) is 0 Å². The number of amides is 1. The fourth-order valence-corrected chi connectivity index (χ4v) is 1.96. The molecule has 5 nitrogen and oxygen atoms in total. The second kappa shape index (κ2) is 6.56. The summed E-state index contributed by atoms with van der Waals surface area (Å²) < 4.78 is 0. The minimum atomic E-state index is -0.910. The number of hydrogen-bond acceptors (Lipinski definition) is 3. The van der Waals surface area contributed by atoms with Gasteiger partial charge in [-0.15, -0.1) is 0 Å². The molecule has 1 amide bonds. The Morgan fingerprint density at radius 1 is 0.952 bits per heavy atom. The number of nitrogens with one attached hydrogen (secondary N) is 1. The van der Waals surface area contributed by atoms with Crippen molar-refractivity contribution in [2.45, 2.75) is 13.0 Å². The Morgan fingerprint density at radius 3 is 2.19 bits per heavy atom. The highest BCUT2D eigenvalue weighted by molar-refractivity contribution is 5.94. The van der Waals surface area contributed by atoms with Crippen LogP contribution in [0.1, 0.15) is 21.5 Å². The van der Waals surface area contributed by atoms with E-state index in [0.717, 1.165) is 5.56 Å². The van der Waals surface area contributed by atoms with E-state index in [1.165, 1.54) is 24.3 Å². The van der Waals surface area contributed by atoms with Crippen LogP contribution in [0.3, 0.4) is 0 Å². The van der Waals surface area contributed by atoms with E-state index in [9.17, 15) is 14.7 Å². The number of hydrogen-bond donors (Lipinski definition) is 3. The van der Waals surface area contributed by atoms with Crippen molar-refractivity contribution in [1.82, 2.24) is 5.32 Å². The fourth-order valence-electron chi connectivity index (χ4n) is 1.96. The summed E-state index contributed by atoms with van der Waals surface area (Å²) in [6.07, 6.45) is -0.0781. The van der Waals surface area contributed by atoms with Crippen molar-refractivity contribution in [2.75, 3.05) is 0 Å². The molecule has 2 aromatic rings. The third kappa shape index (κ3) is 4.07. The Hall–Kier alpha value is -2.82. The third-order valence-electron chi connectivity index (χ3n) is 3.03. The quantitative estimate of drug-likeness (QED) is 0.783. The average Bonchev–Trinajstić information content (AvgIpc) is 2.46. The van der Waals surface area contributed by atoms with Gasteiger partial charge in [0, 0.05) is 12.1 Å². The molecule has 0 spiro atoms. The van der Waals surface area contributed by atoms with Crippen molar-refractivity contribution in [3.8, 4) is 5.75 Å². The first-order valence-electron chi connectivity index (χ1n) is 6.42. The summed E-state index contributed by atoms with van der Waals surface area (Å²) in [4.78, 5) is 22.8. The van der Waals surface area contributed by atoms with E-state index < -0.39 is 5.97 Å². The normalized spacial score (nSPS) is 10.1. The second-order valence-corrected chi connectivity index (χ2v) is 4.57. The Bertz CT molecular complexity index is 650. The van der Waals surface area contributed by atoms with E-state index in [1.54, 1.807) is 24.3 Å². The summed E-state index contributed by atoms with van der Waals surface area (Å²) in [6, 6.07) is 13.0. The Labute approximate surface area is 121 Å². The molecule has 0 saturated heterocycles. The summed E-state index contributed by atoms with van der Waals surface area (Å²) >= 11 is 0. The monoisotopic (exact) mass is 285 g/mol. The lowest BCUT2D eigenvalue weighted by atomic mass is 10.0. The van der Waals surface area contributed by atoms with Gasteiger partial charge in [0.25, 0.3) is 5.91 Å². The standard InChI is InChI=1S/C16H15NO4/c18-14-7-5-11(6-8-14)16(21)17-10-13-4-2-1-3-12(13)9-15(19)20/h1-8,18H,9-10H2,(H,17,21)(H,19,20). The minimum absolute atomic E-state index is 0.0781. The zero-order valence-electron chi connectivity index (χ0n) is 11.2. The van der Waals surface area contributed by atoms with Crippen molar-refractivity contribution in [2.24, 2.45) is 0 Å². The zero-order valence-corrected chi connectivity index (χ0v) is 11.2. The van der Waals surface area contributed by atoms with Crippen LogP contribution in [0, 0.1) is 0 Å². The van der Waals surface area contributed by atoms with Crippen molar-refractivity contribution in [3.63, 3.8) is 0 Å². The number of phenols is 1. The zero-order chi connectivity index (χ0) is 15.2. The van der Waals surface area contributed by atoms with Crippen molar-refractivity contribution >= 4 is 11.9 Å². The van der Waals surface area contributed by atoms with Gasteiger partial charge in [0.1, 0.15) is 5.75 Å². The number of rotatable bonds is 5. The molecule has 0 heterocycles. The third-order valence-corrected chi connectivity index (χ3v) is 3.03. The molecule has 108 valence electrons. The van der Waals surface area contributed by atoms with Gasteiger partial charge in [-0.1, -0.05) is 24.3 Å². The number of carboxylic acids is 1. The first-order chi connectivity index (χ1) is 10.1. The SMILES string of the molecule is O=C(O)Cc1ccccc1CNC(=O)c1ccc(O)cc1. The van der Waals surface area contributed by atoms with Crippen LogP contribution in [0.2, 0.25) is 0 Å². The van der Waals surface area contributed by atoms with Gasteiger partial charge in [-0.2, -0.15) is 0 Å².